The lowest BCUT2D eigenvalue weighted by Crippen LogP contribution is -2.42. The minimum atomic E-state index is -0.173. The number of hydrogen-bond acceptors (Lipinski definition) is 2. The highest BCUT2D eigenvalue weighted by Crippen LogP contribution is 2.21. The van der Waals surface area contributed by atoms with Gasteiger partial charge in [-0.2, -0.15) is 0 Å². The van der Waals surface area contributed by atoms with Crippen molar-refractivity contribution in [2.24, 2.45) is 0 Å². The highest BCUT2D eigenvalue weighted by molar-refractivity contribution is 5.24. The van der Waals surface area contributed by atoms with Crippen LogP contribution in [0.4, 0.5) is 0 Å². The van der Waals surface area contributed by atoms with Gasteiger partial charge in [0.25, 0.3) is 0 Å². The molecule has 0 bridgehead atoms. The van der Waals surface area contributed by atoms with Crippen molar-refractivity contribution in [3.63, 3.8) is 0 Å². The Labute approximate surface area is 108 Å². The predicted molar refractivity (Wildman–Crippen MR) is 73.3 cm³/mol. The van der Waals surface area contributed by atoms with Crippen LogP contribution in [0, 0.1) is 0 Å². The number of benzene rings is 1. The monoisotopic (exact) mass is 244 g/mol. The largest absolute Gasteiger partial charge is 0.382 e. The van der Waals surface area contributed by atoms with Crippen LogP contribution in [0.15, 0.2) is 48.8 Å². The zero-order valence-electron chi connectivity index (χ0n) is 10.9. The Morgan fingerprint density at radius 1 is 1.22 bits per heavy atom. The Balaban J connectivity index is 2.11. The molecular formula is C15H20N2O. The van der Waals surface area contributed by atoms with Gasteiger partial charge in [0, 0.05) is 26.0 Å². The molecule has 18 heavy (non-hydrogen) atoms. The van der Waals surface area contributed by atoms with Gasteiger partial charge < -0.3 is 15.0 Å². The summed E-state index contributed by atoms with van der Waals surface area (Å²) in [6, 6.07) is 12.5. The summed E-state index contributed by atoms with van der Waals surface area (Å²) in [4.78, 5) is 3.07. The molecule has 1 atom stereocenters. The fourth-order valence-corrected chi connectivity index (χ4v) is 2.10. The molecule has 1 aromatic heterocycles. The van der Waals surface area contributed by atoms with Gasteiger partial charge in [-0.3, -0.25) is 0 Å². The third-order valence-corrected chi connectivity index (χ3v) is 3.19. The normalized spacial score (nSPS) is 14.3. The van der Waals surface area contributed by atoms with E-state index in [0.717, 1.165) is 6.54 Å². The van der Waals surface area contributed by atoms with Crippen LogP contribution in [0.2, 0.25) is 0 Å². The summed E-state index contributed by atoms with van der Waals surface area (Å²) < 4.78 is 5.36. The summed E-state index contributed by atoms with van der Waals surface area (Å²) in [5.41, 5.74) is 2.31. The Morgan fingerprint density at radius 3 is 2.61 bits per heavy atom. The first-order chi connectivity index (χ1) is 8.74. The number of aromatic nitrogens is 1. The minimum Gasteiger partial charge on any atom is -0.382 e. The van der Waals surface area contributed by atoms with Gasteiger partial charge in [-0.1, -0.05) is 30.3 Å². The van der Waals surface area contributed by atoms with Crippen molar-refractivity contribution in [3.8, 4) is 0 Å². The Morgan fingerprint density at radius 2 is 2.00 bits per heavy atom. The second kappa shape index (κ2) is 5.85. The molecule has 0 radical (unpaired) electrons. The molecule has 2 aromatic rings. The number of ether oxygens (including phenoxy) is 1. The van der Waals surface area contributed by atoms with Crippen LogP contribution in [0.1, 0.15) is 18.1 Å². The quantitative estimate of drug-likeness (QED) is 0.819. The van der Waals surface area contributed by atoms with Crippen LogP contribution in [0.3, 0.4) is 0 Å². The van der Waals surface area contributed by atoms with E-state index in [1.165, 1.54) is 11.1 Å². The van der Waals surface area contributed by atoms with Gasteiger partial charge in [0.1, 0.15) is 0 Å². The third-order valence-electron chi connectivity index (χ3n) is 3.19. The number of hydrogen-bond donors (Lipinski definition) is 2. The van der Waals surface area contributed by atoms with Crippen LogP contribution in [0.5, 0.6) is 0 Å². The molecule has 2 rings (SSSR count). The first-order valence-electron chi connectivity index (χ1n) is 6.16. The lowest BCUT2D eigenvalue weighted by atomic mass is 9.92. The van der Waals surface area contributed by atoms with Crippen molar-refractivity contribution in [1.29, 1.82) is 0 Å². The molecule has 0 saturated heterocycles. The van der Waals surface area contributed by atoms with Gasteiger partial charge in [-0.15, -0.1) is 0 Å². The summed E-state index contributed by atoms with van der Waals surface area (Å²) in [7, 11) is 1.74. The molecule has 2 N–H and O–H groups in total. The van der Waals surface area contributed by atoms with E-state index in [-0.39, 0.29) is 5.54 Å². The van der Waals surface area contributed by atoms with E-state index >= 15 is 0 Å². The molecule has 0 aliphatic rings. The van der Waals surface area contributed by atoms with Crippen LogP contribution in [-0.4, -0.2) is 18.7 Å². The zero-order chi connectivity index (χ0) is 12.8. The molecule has 0 aliphatic carbocycles. The van der Waals surface area contributed by atoms with Gasteiger partial charge in [-0.05, 0) is 24.1 Å². The second-order valence-electron chi connectivity index (χ2n) is 4.70. The van der Waals surface area contributed by atoms with Crippen molar-refractivity contribution in [2.75, 3.05) is 13.7 Å². The van der Waals surface area contributed by atoms with E-state index in [4.69, 9.17) is 4.74 Å². The Kier molecular flexibility index (Phi) is 4.18. The summed E-state index contributed by atoms with van der Waals surface area (Å²) in [6.45, 7) is 3.62. The first kappa shape index (κ1) is 12.9. The predicted octanol–water partition coefficient (Wildman–Crippen LogP) is 2.67. The third kappa shape index (κ3) is 3.00. The van der Waals surface area contributed by atoms with Gasteiger partial charge in [0.2, 0.25) is 0 Å². The minimum absolute atomic E-state index is 0.173. The lowest BCUT2D eigenvalue weighted by Gasteiger charge is -2.31. The van der Waals surface area contributed by atoms with Crippen LogP contribution < -0.4 is 5.32 Å². The van der Waals surface area contributed by atoms with Crippen molar-refractivity contribution in [1.82, 2.24) is 10.3 Å². The number of methoxy groups -OCH3 is 1. The smallest absolute Gasteiger partial charge is 0.0683 e. The summed E-state index contributed by atoms with van der Waals surface area (Å²) in [5.74, 6) is 0. The number of nitrogens with one attached hydrogen (secondary N) is 2. The highest BCUT2D eigenvalue weighted by Gasteiger charge is 2.25. The van der Waals surface area contributed by atoms with Crippen molar-refractivity contribution in [3.05, 3.63) is 59.9 Å². The lowest BCUT2D eigenvalue weighted by molar-refractivity contribution is 0.117. The molecular weight excluding hydrogens is 224 g/mol. The summed E-state index contributed by atoms with van der Waals surface area (Å²) in [6.07, 6.45) is 3.94. The average molecular weight is 244 g/mol. The highest BCUT2D eigenvalue weighted by atomic mass is 16.5. The van der Waals surface area contributed by atoms with Crippen LogP contribution >= 0.6 is 0 Å². The van der Waals surface area contributed by atoms with E-state index in [2.05, 4.69) is 47.6 Å². The number of aromatic amines is 1. The zero-order valence-corrected chi connectivity index (χ0v) is 10.9. The number of rotatable bonds is 6. The van der Waals surface area contributed by atoms with Crippen LogP contribution in [-0.2, 0) is 16.8 Å². The summed E-state index contributed by atoms with van der Waals surface area (Å²) in [5, 5.41) is 3.57. The molecule has 0 amide bonds. The molecule has 0 spiro atoms. The van der Waals surface area contributed by atoms with Gasteiger partial charge >= 0.3 is 0 Å². The maximum atomic E-state index is 5.36. The van der Waals surface area contributed by atoms with E-state index in [0.29, 0.717) is 6.61 Å². The van der Waals surface area contributed by atoms with E-state index in [9.17, 15) is 0 Å². The van der Waals surface area contributed by atoms with E-state index in [1.807, 2.05) is 18.5 Å². The molecule has 1 aromatic carbocycles. The van der Waals surface area contributed by atoms with Crippen molar-refractivity contribution < 1.29 is 4.74 Å². The number of H-pyrrole nitrogens is 1. The Hall–Kier alpha value is -1.58. The molecule has 96 valence electrons. The Bertz CT molecular complexity index is 453. The molecule has 0 unspecified atom stereocenters. The van der Waals surface area contributed by atoms with Crippen molar-refractivity contribution in [2.45, 2.75) is 19.0 Å². The standard InChI is InChI=1S/C15H20N2O/c1-15(12-18-2,14-6-4-3-5-7-14)17-11-13-8-9-16-10-13/h3-10,16-17H,11-12H2,1-2H3/t15-/m0/s1. The van der Waals surface area contributed by atoms with Crippen LogP contribution in [0.25, 0.3) is 0 Å². The molecule has 1 heterocycles. The van der Waals surface area contributed by atoms with Gasteiger partial charge in [-0.25, -0.2) is 0 Å². The van der Waals surface area contributed by atoms with E-state index in [1.54, 1.807) is 7.11 Å². The molecule has 0 aliphatic heterocycles. The van der Waals surface area contributed by atoms with Gasteiger partial charge in [0.05, 0.1) is 12.1 Å². The molecule has 0 saturated carbocycles. The first-order valence-corrected chi connectivity index (χ1v) is 6.16. The van der Waals surface area contributed by atoms with Crippen molar-refractivity contribution >= 4 is 0 Å². The summed E-state index contributed by atoms with van der Waals surface area (Å²) >= 11 is 0. The van der Waals surface area contributed by atoms with E-state index < -0.39 is 0 Å². The SMILES string of the molecule is COC[C@](C)(NCc1cc[nH]c1)c1ccccc1. The average Bonchev–Trinajstić information content (AvgIpc) is 2.91. The van der Waals surface area contributed by atoms with Gasteiger partial charge in [0.15, 0.2) is 0 Å². The molecule has 3 nitrogen and oxygen atoms in total. The maximum Gasteiger partial charge on any atom is 0.0683 e. The fraction of sp³-hybridized carbons (Fsp3) is 0.333. The molecule has 0 fully saturated rings. The second-order valence-corrected chi connectivity index (χ2v) is 4.70. The topological polar surface area (TPSA) is 37.0 Å². The maximum absolute atomic E-state index is 5.36. The fourth-order valence-electron chi connectivity index (χ4n) is 2.10. The molecule has 3 heteroatoms.